The summed E-state index contributed by atoms with van der Waals surface area (Å²) in [6.07, 6.45) is 6.07. The first kappa shape index (κ1) is 21.4. The van der Waals surface area contributed by atoms with Gasteiger partial charge in [-0.1, -0.05) is 30.3 Å². The van der Waals surface area contributed by atoms with Crippen LogP contribution in [0.5, 0.6) is 5.75 Å². The number of carbonyl (C=O) groups is 1. The van der Waals surface area contributed by atoms with Gasteiger partial charge in [-0.05, 0) is 68.1 Å². The first-order chi connectivity index (χ1) is 15.1. The Hall–Kier alpha value is -2.79. The molecule has 164 valence electrons. The molecule has 1 fully saturated rings. The summed E-state index contributed by atoms with van der Waals surface area (Å²) >= 11 is 0. The van der Waals surface area contributed by atoms with Crippen LogP contribution in [0.1, 0.15) is 30.4 Å². The number of likely N-dealkylation sites (tertiary alicyclic amines) is 1. The molecule has 2 heterocycles. The maximum absolute atomic E-state index is 12.6. The Morgan fingerprint density at radius 2 is 1.90 bits per heavy atom. The van der Waals surface area contributed by atoms with Gasteiger partial charge in [0.25, 0.3) is 0 Å². The highest BCUT2D eigenvalue weighted by atomic mass is 16.5. The number of hydrogen-bond donors (Lipinski definition) is 1. The molecule has 0 spiro atoms. The number of nitrogens with one attached hydrogen (secondary N) is 1. The molecule has 5 heteroatoms. The summed E-state index contributed by atoms with van der Waals surface area (Å²) in [5, 5.41) is 4.40. The van der Waals surface area contributed by atoms with E-state index in [4.69, 9.17) is 4.74 Å². The normalized spacial score (nSPS) is 15.3. The number of piperidine rings is 1. The van der Waals surface area contributed by atoms with E-state index in [9.17, 15) is 4.79 Å². The Morgan fingerprint density at radius 3 is 2.65 bits per heavy atom. The standard InChI is InChI=1S/C26H33N3O2/c1-28-18-22(24-17-23(31-2)10-11-25(24)28)19-29-15-12-21(13-16-29)26(30)27-14-6-9-20-7-4-3-5-8-20/h3-5,7-8,10-11,17-18,21H,6,9,12-16,19H2,1-2H3,(H,27,30). The van der Waals surface area contributed by atoms with E-state index in [0.717, 1.165) is 57.6 Å². The number of hydrogen-bond acceptors (Lipinski definition) is 3. The minimum Gasteiger partial charge on any atom is -0.497 e. The molecule has 4 rings (SSSR count). The minimum atomic E-state index is 0.139. The number of rotatable bonds is 8. The second-order valence-electron chi connectivity index (χ2n) is 8.58. The lowest BCUT2D eigenvalue weighted by molar-refractivity contribution is -0.126. The molecule has 1 saturated heterocycles. The van der Waals surface area contributed by atoms with Crippen LogP contribution in [0.25, 0.3) is 10.9 Å². The number of aryl methyl sites for hydroxylation is 2. The molecule has 3 aromatic rings. The molecule has 0 unspecified atom stereocenters. The lowest BCUT2D eigenvalue weighted by atomic mass is 9.95. The molecule has 0 radical (unpaired) electrons. The van der Waals surface area contributed by atoms with Gasteiger partial charge in [0.05, 0.1) is 7.11 Å². The molecule has 0 atom stereocenters. The van der Waals surface area contributed by atoms with Gasteiger partial charge in [0.1, 0.15) is 5.75 Å². The van der Waals surface area contributed by atoms with Crippen LogP contribution in [0.3, 0.4) is 0 Å². The van der Waals surface area contributed by atoms with Crippen LogP contribution in [0.2, 0.25) is 0 Å². The third kappa shape index (κ3) is 5.28. The Morgan fingerprint density at radius 1 is 1.13 bits per heavy atom. The molecule has 0 aliphatic carbocycles. The quantitative estimate of drug-likeness (QED) is 0.558. The van der Waals surface area contributed by atoms with Crippen molar-refractivity contribution in [1.82, 2.24) is 14.8 Å². The second kappa shape index (κ2) is 10.0. The van der Waals surface area contributed by atoms with Gasteiger partial charge < -0.3 is 14.6 Å². The fraction of sp³-hybridized carbons (Fsp3) is 0.423. The van der Waals surface area contributed by atoms with E-state index in [1.807, 2.05) is 12.1 Å². The predicted molar refractivity (Wildman–Crippen MR) is 125 cm³/mol. The summed E-state index contributed by atoms with van der Waals surface area (Å²) in [7, 11) is 3.80. The van der Waals surface area contributed by atoms with Crippen LogP contribution in [0, 0.1) is 5.92 Å². The number of fused-ring (bicyclic) bond motifs is 1. The fourth-order valence-electron chi connectivity index (χ4n) is 4.59. The summed E-state index contributed by atoms with van der Waals surface area (Å²) in [6, 6.07) is 16.7. The zero-order chi connectivity index (χ0) is 21.6. The van der Waals surface area contributed by atoms with E-state index in [0.29, 0.717) is 0 Å². The monoisotopic (exact) mass is 419 g/mol. The Bertz CT molecular complexity index is 1000. The van der Waals surface area contributed by atoms with Gasteiger partial charge in [-0.3, -0.25) is 9.69 Å². The Kier molecular flexibility index (Phi) is 6.92. The highest BCUT2D eigenvalue weighted by molar-refractivity contribution is 5.85. The van der Waals surface area contributed by atoms with Crippen molar-refractivity contribution in [3.05, 3.63) is 65.9 Å². The average Bonchev–Trinajstić information content (AvgIpc) is 3.12. The van der Waals surface area contributed by atoms with E-state index in [1.165, 1.54) is 22.0 Å². The van der Waals surface area contributed by atoms with Crippen LogP contribution in [-0.4, -0.2) is 42.1 Å². The number of methoxy groups -OCH3 is 1. The first-order valence-electron chi connectivity index (χ1n) is 11.3. The number of amides is 1. The van der Waals surface area contributed by atoms with E-state index in [2.05, 4.69) is 64.4 Å². The first-order valence-corrected chi connectivity index (χ1v) is 11.3. The smallest absolute Gasteiger partial charge is 0.223 e. The van der Waals surface area contributed by atoms with E-state index >= 15 is 0 Å². The van der Waals surface area contributed by atoms with Gasteiger partial charge in [0.15, 0.2) is 0 Å². The molecule has 1 aliphatic heterocycles. The highest BCUT2D eigenvalue weighted by Gasteiger charge is 2.25. The van der Waals surface area contributed by atoms with Crippen LogP contribution < -0.4 is 10.1 Å². The third-order valence-electron chi connectivity index (χ3n) is 6.42. The molecule has 2 aromatic carbocycles. The van der Waals surface area contributed by atoms with Crippen molar-refractivity contribution >= 4 is 16.8 Å². The molecule has 1 aliphatic rings. The molecular weight excluding hydrogens is 386 g/mol. The molecule has 5 nitrogen and oxygen atoms in total. The van der Waals surface area contributed by atoms with Crippen molar-refractivity contribution < 1.29 is 9.53 Å². The lowest BCUT2D eigenvalue weighted by Crippen LogP contribution is -2.40. The molecular formula is C26H33N3O2. The second-order valence-corrected chi connectivity index (χ2v) is 8.58. The van der Waals surface area contributed by atoms with Crippen molar-refractivity contribution in [2.45, 2.75) is 32.2 Å². The van der Waals surface area contributed by atoms with Crippen LogP contribution in [0.4, 0.5) is 0 Å². The van der Waals surface area contributed by atoms with E-state index in [-0.39, 0.29) is 11.8 Å². The minimum absolute atomic E-state index is 0.139. The van der Waals surface area contributed by atoms with Crippen molar-refractivity contribution in [2.75, 3.05) is 26.7 Å². The molecule has 31 heavy (non-hydrogen) atoms. The highest BCUT2D eigenvalue weighted by Crippen LogP contribution is 2.28. The molecule has 1 aromatic heterocycles. The third-order valence-corrected chi connectivity index (χ3v) is 6.42. The van der Waals surface area contributed by atoms with Gasteiger partial charge in [0.2, 0.25) is 5.91 Å². The summed E-state index contributed by atoms with van der Waals surface area (Å²) < 4.78 is 7.60. The number of nitrogens with zero attached hydrogens (tertiary/aromatic N) is 2. The van der Waals surface area contributed by atoms with Gasteiger partial charge in [-0.2, -0.15) is 0 Å². The summed E-state index contributed by atoms with van der Waals surface area (Å²) in [5.41, 5.74) is 3.87. The fourth-order valence-corrected chi connectivity index (χ4v) is 4.59. The molecule has 0 bridgehead atoms. The number of benzene rings is 2. The molecule has 0 saturated carbocycles. The SMILES string of the molecule is COc1ccc2c(c1)c(CN1CCC(C(=O)NCCCc3ccccc3)CC1)cn2C. The van der Waals surface area contributed by atoms with Crippen LogP contribution in [-0.2, 0) is 24.8 Å². The summed E-state index contributed by atoms with van der Waals surface area (Å²) in [6.45, 7) is 3.59. The van der Waals surface area contributed by atoms with Crippen molar-refractivity contribution in [1.29, 1.82) is 0 Å². The van der Waals surface area contributed by atoms with Crippen LogP contribution in [0.15, 0.2) is 54.7 Å². The van der Waals surface area contributed by atoms with Gasteiger partial charge in [0, 0.05) is 43.2 Å². The zero-order valence-electron chi connectivity index (χ0n) is 18.6. The number of ether oxygens (including phenoxy) is 1. The average molecular weight is 420 g/mol. The topological polar surface area (TPSA) is 46.5 Å². The van der Waals surface area contributed by atoms with Crippen molar-refractivity contribution in [3.63, 3.8) is 0 Å². The largest absolute Gasteiger partial charge is 0.497 e. The summed E-state index contributed by atoms with van der Waals surface area (Å²) in [5.74, 6) is 1.26. The van der Waals surface area contributed by atoms with E-state index in [1.54, 1.807) is 7.11 Å². The van der Waals surface area contributed by atoms with Crippen LogP contribution >= 0.6 is 0 Å². The zero-order valence-corrected chi connectivity index (χ0v) is 18.6. The molecule has 1 amide bonds. The predicted octanol–water partition coefficient (Wildman–Crippen LogP) is 4.15. The Labute approximate surface area is 185 Å². The van der Waals surface area contributed by atoms with Gasteiger partial charge in [-0.25, -0.2) is 0 Å². The van der Waals surface area contributed by atoms with Crippen molar-refractivity contribution in [2.24, 2.45) is 13.0 Å². The molecule has 1 N–H and O–H groups in total. The number of aromatic nitrogens is 1. The van der Waals surface area contributed by atoms with E-state index < -0.39 is 0 Å². The summed E-state index contributed by atoms with van der Waals surface area (Å²) in [4.78, 5) is 15.0. The lowest BCUT2D eigenvalue weighted by Gasteiger charge is -2.31. The maximum Gasteiger partial charge on any atom is 0.223 e. The van der Waals surface area contributed by atoms with Crippen molar-refractivity contribution in [3.8, 4) is 5.75 Å². The van der Waals surface area contributed by atoms with Gasteiger partial charge >= 0.3 is 0 Å². The maximum atomic E-state index is 12.6. The Balaban J connectivity index is 1.24. The number of carbonyl (C=O) groups excluding carboxylic acids is 1. The van der Waals surface area contributed by atoms with Gasteiger partial charge in [-0.15, -0.1) is 0 Å².